The Morgan fingerprint density at radius 2 is 2.35 bits per heavy atom. The number of nitrogens with two attached hydrogens (primary N) is 1. The Kier molecular flexibility index (Phi) is 3.37. The molecule has 1 aromatic rings. The zero-order chi connectivity index (χ0) is 12.3. The zero-order valence-corrected chi connectivity index (χ0v) is 9.50. The molecule has 0 aliphatic carbocycles. The number of aromatic nitrogens is 1. The second kappa shape index (κ2) is 4.95. The molecular weight excluding hydrogens is 218 g/mol. The topological polar surface area (TPSA) is 76.3 Å². The van der Waals surface area contributed by atoms with E-state index in [-0.39, 0.29) is 18.2 Å². The highest BCUT2D eigenvalue weighted by atomic mass is 16.2. The third kappa shape index (κ3) is 2.81. The normalized spacial score (nSPS) is 19.6. The second-order valence-corrected chi connectivity index (χ2v) is 4.21. The molecule has 0 radical (unpaired) electrons. The van der Waals surface area contributed by atoms with E-state index in [9.17, 15) is 9.59 Å². The number of amides is 2. The van der Waals surface area contributed by atoms with Gasteiger partial charge in [-0.1, -0.05) is 6.07 Å². The highest BCUT2D eigenvalue weighted by molar-refractivity contribution is 5.88. The first-order valence-electron chi connectivity index (χ1n) is 5.64. The monoisotopic (exact) mass is 233 g/mol. The first-order valence-corrected chi connectivity index (χ1v) is 5.64. The molecule has 0 spiro atoms. The summed E-state index contributed by atoms with van der Waals surface area (Å²) in [5.41, 5.74) is 6.15. The molecule has 1 aromatic heterocycles. The lowest BCUT2D eigenvalue weighted by Crippen LogP contribution is -2.30. The molecule has 2 amide bonds. The molecule has 1 unspecified atom stereocenters. The van der Waals surface area contributed by atoms with Gasteiger partial charge in [0.2, 0.25) is 11.8 Å². The van der Waals surface area contributed by atoms with E-state index in [4.69, 9.17) is 5.73 Å². The first kappa shape index (κ1) is 11.6. The summed E-state index contributed by atoms with van der Waals surface area (Å²) < 4.78 is 0. The molecule has 1 atom stereocenters. The van der Waals surface area contributed by atoms with Crippen LogP contribution in [0.4, 0.5) is 0 Å². The minimum absolute atomic E-state index is 0.00438. The molecule has 5 nitrogen and oxygen atoms in total. The largest absolute Gasteiger partial charge is 0.369 e. The molecular formula is C12H15N3O2. The number of carbonyl (C=O) groups is 2. The van der Waals surface area contributed by atoms with Gasteiger partial charge in [0.25, 0.3) is 0 Å². The van der Waals surface area contributed by atoms with Gasteiger partial charge in [0.1, 0.15) is 0 Å². The van der Waals surface area contributed by atoms with Crippen LogP contribution in [-0.2, 0) is 16.0 Å². The Labute approximate surface area is 99.6 Å². The van der Waals surface area contributed by atoms with E-state index < -0.39 is 5.91 Å². The van der Waals surface area contributed by atoms with E-state index in [1.807, 2.05) is 18.2 Å². The summed E-state index contributed by atoms with van der Waals surface area (Å²) in [6.07, 6.45) is 2.68. The molecule has 0 aromatic carbocycles. The van der Waals surface area contributed by atoms with Gasteiger partial charge in [-0.2, -0.15) is 0 Å². The molecule has 0 bridgehead atoms. The molecule has 1 saturated heterocycles. The number of likely N-dealkylation sites (tertiary alicyclic amines) is 1. The Morgan fingerprint density at radius 3 is 2.94 bits per heavy atom. The van der Waals surface area contributed by atoms with Gasteiger partial charge in [0.15, 0.2) is 0 Å². The van der Waals surface area contributed by atoms with Crippen LogP contribution in [0.2, 0.25) is 0 Å². The second-order valence-electron chi connectivity index (χ2n) is 4.21. The number of pyridine rings is 1. The molecule has 90 valence electrons. The summed E-state index contributed by atoms with van der Waals surface area (Å²) in [7, 11) is 0. The minimum atomic E-state index is -0.390. The van der Waals surface area contributed by atoms with Crippen molar-refractivity contribution < 1.29 is 9.59 Å². The SMILES string of the molecule is NC(=O)C1CC(=O)N(CCc2ccccn2)C1. The lowest BCUT2D eigenvalue weighted by atomic mass is 10.1. The maximum absolute atomic E-state index is 11.6. The molecule has 17 heavy (non-hydrogen) atoms. The average molecular weight is 233 g/mol. The van der Waals surface area contributed by atoms with Crippen LogP contribution >= 0.6 is 0 Å². The zero-order valence-electron chi connectivity index (χ0n) is 9.50. The maximum Gasteiger partial charge on any atom is 0.223 e. The van der Waals surface area contributed by atoms with Crippen LogP contribution in [0, 0.1) is 5.92 Å². The molecule has 2 heterocycles. The van der Waals surface area contributed by atoms with Crippen LogP contribution in [-0.4, -0.2) is 34.8 Å². The van der Waals surface area contributed by atoms with Gasteiger partial charge in [0, 0.05) is 37.8 Å². The standard InChI is InChI=1S/C12H15N3O2/c13-12(17)9-7-11(16)15(8-9)6-4-10-3-1-2-5-14-10/h1-3,5,9H,4,6-8H2,(H2,13,17). The predicted octanol–water partition coefficient (Wildman–Crippen LogP) is -0.0421. The van der Waals surface area contributed by atoms with Crippen LogP contribution in [0.25, 0.3) is 0 Å². The van der Waals surface area contributed by atoms with Crippen molar-refractivity contribution in [3.63, 3.8) is 0 Å². The highest BCUT2D eigenvalue weighted by Crippen LogP contribution is 2.17. The lowest BCUT2D eigenvalue weighted by molar-refractivity contribution is -0.128. The lowest BCUT2D eigenvalue weighted by Gasteiger charge is -2.15. The van der Waals surface area contributed by atoms with Gasteiger partial charge in [0.05, 0.1) is 5.92 Å². The van der Waals surface area contributed by atoms with Gasteiger partial charge < -0.3 is 10.6 Å². The molecule has 1 aliphatic heterocycles. The van der Waals surface area contributed by atoms with E-state index in [0.717, 1.165) is 5.69 Å². The van der Waals surface area contributed by atoms with Crippen molar-refractivity contribution in [3.8, 4) is 0 Å². The van der Waals surface area contributed by atoms with E-state index in [2.05, 4.69) is 4.98 Å². The summed E-state index contributed by atoms with van der Waals surface area (Å²) in [6.45, 7) is 1.04. The molecule has 1 fully saturated rings. The molecule has 0 saturated carbocycles. The Balaban J connectivity index is 1.88. The Hall–Kier alpha value is -1.91. The number of nitrogens with zero attached hydrogens (tertiary/aromatic N) is 2. The summed E-state index contributed by atoms with van der Waals surface area (Å²) >= 11 is 0. The van der Waals surface area contributed by atoms with Crippen molar-refractivity contribution in [2.24, 2.45) is 11.7 Å². The summed E-state index contributed by atoms with van der Waals surface area (Å²) in [5, 5.41) is 0. The van der Waals surface area contributed by atoms with Gasteiger partial charge in [-0.3, -0.25) is 14.6 Å². The van der Waals surface area contributed by atoms with E-state index >= 15 is 0 Å². The Morgan fingerprint density at radius 1 is 1.53 bits per heavy atom. The van der Waals surface area contributed by atoms with Crippen molar-refractivity contribution in [2.75, 3.05) is 13.1 Å². The van der Waals surface area contributed by atoms with Crippen LogP contribution in [0.3, 0.4) is 0 Å². The number of hydrogen-bond acceptors (Lipinski definition) is 3. The number of hydrogen-bond donors (Lipinski definition) is 1. The van der Waals surface area contributed by atoms with Crippen molar-refractivity contribution >= 4 is 11.8 Å². The van der Waals surface area contributed by atoms with Crippen LogP contribution in [0.1, 0.15) is 12.1 Å². The average Bonchev–Trinajstić information content (AvgIpc) is 2.70. The Bertz CT molecular complexity index is 419. The van der Waals surface area contributed by atoms with E-state index in [0.29, 0.717) is 19.5 Å². The van der Waals surface area contributed by atoms with Gasteiger partial charge in [-0.25, -0.2) is 0 Å². The molecule has 5 heteroatoms. The minimum Gasteiger partial charge on any atom is -0.369 e. The molecule has 2 N–H and O–H groups in total. The van der Waals surface area contributed by atoms with Gasteiger partial charge >= 0.3 is 0 Å². The van der Waals surface area contributed by atoms with E-state index in [1.54, 1.807) is 11.1 Å². The number of carbonyl (C=O) groups excluding carboxylic acids is 2. The summed E-state index contributed by atoms with van der Waals surface area (Å²) in [6, 6.07) is 5.69. The third-order valence-corrected chi connectivity index (χ3v) is 2.98. The van der Waals surface area contributed by atoms with Gasteiger partial charge in [-0.15, -0.1) is 0 Å². The van der Waals surface area contributed by atoms with Crippen LogP contribution in [0.15, 0.2) is 24.4 Å². The third-order valence-electron chi connectivity index (χ3n) is 2.98. The van der Waals surface area contributed by atoms with Crippen molar-refractivity contribution in [2.45, 2.75) is 12.8 Å². The van der Waals surface area contributed by atoms with Crippen molar-refractivity contribution in [3.05, 3.63) is 30.1 Å². The quantitative estimate of drug-likeness (QED) is 0.792. The summed E-state index contributed by atoms with van der Waals surface area (Å²) in [5.74, 6) is -0.713. The smallest absolute Gasteiger partial charge is 0.223 e. The van der Waals surface area contributed by atoms with Gasteiger partial charge in [-0.05, 0) is 12.1 Å². The molecule has 2 rings (SSSR count). The van der Waals surface area contributed by atoms with Crippen LogP contribution in [0.5, 0.6) is 0 Å². The fourth-order valence-electron chi connectivity index (χ4n) is 1.97. The maximum atomic E-state index is 11.6. The molecule has 1 aliphatic rings. The van der Waals surface area contributed by atoms with Crippen LogP contribution < -0.4 is 5.73 Å². The predicted molar refractivity (Wildman–Crippen MR) is 61.8 cm³/mol. The van der Waals surface area contributed by atoms with E-state index in [1.165, 1.54) is 0 Å². The summed E-state index contributed by atoms with van der Waals surface area (Å²) in [4.78, 5) is 28.5. The highest BCUT2D eigenvalue weighted by Gasteiger charge is 2.32. The van der Waals surface area contributed by atoms with Crippen molar-refractivity contribution in [1.82, 2.24) is 9.88 Å². The number of primary amides is 1. The first-order chi connectivity index (χ1) is 8.16. The number of rotatable bonds is 4. The van der Waals surface area contributed by atoms with Crippen molar-refractivity contribution in [1.29, 1.82) is 0 Å². The fourth-order valence-corrected chi connectivity index (χ4v) is 1.97. The fraction of sp³-hybridized carbons (Fsp3) is 0.417.